The van der Waals surface area contributed by atoms with Crippen molar-refractivity contribution in [2.45, 2.75) is 19.9 Å². The Labute approximate surface area is 125 Å². The highest BCUT2D eigenvalue weighted by atomic mass is 15.0. The molecule has 0 fully saturated rings. The van der Waals surface area contributed by atoms with Gasteiger partial charge in [0.2, 0.25) is 5.69 Å². The zero-order chi connectivity index (χ0) is 14.2. The van der Waals surface area contributed by atoms with Gasteiger partial charge in [-0.2, -0.15) is 4.57 Å². The quantitative estimate of drug-likeness (QED) is 0.481. The minimum Gasteiger partial charge on any atom is -0.194 e. The predicted octanol–water partition coefficient (Wildman–Crippen LogP) is 4.23. The molecule has 2 heterocycles. The summed E-state index contributed by atoms with van der Waals surface area (Å²) < 4.78 is 2.38. The Bertz CT molecular complexity index is 803. The van der Waals surface area contributed by atoms with Crippen molar-refractivity contribution in [3.63, 3.8) is 0 Å². The summed E-state index contributed by atoms with van der Waals surface area (Å²) in [5.74, 6) is 0. The maximum Gasteiger partial charge on any atom is 0.217 e. The van der Waals surface area contributed by atoms with Crippen LogP contribution in [0.25, 0.3) is 22.4 Å². The van der Waals surface area contributed by atoms with Gasteiger partial charge in [0.15, 0.2) is 12.7 Å². The summed E-state index contributed by atoms with van der Waals surface area (Å²) in [7, 11) is 0. The summed E-state index contributed by atoms with van der Waals surface area (Å²) in [5, 5.41) is 0. The molecule has 0 spiro atoms. The van der Waals surface area contributed by atoms with Gasteiger partial charge in [-0.3, -0.25) is 0 Å². The average molecular weight is 272 g/mol. The largest absolute Gasteiger partial charge is 0.217 e. The average Bonchev–Trinajstić information content (AvgIpc) is 2.93. The predicted molar refractivity (Wildman–Crippen MR) is 86.0 cm³/mol. The Morgan fingerprint density at radius 2 is 1.62 bits per heavy atom. The van der Waals surface area contributed by atoms with Gasteiger partial charge in [0, 0.05) is 17.2 Å². The monoisotopic (exact) mass is 272 g/mol. The van der Waals surface area contributed by atoms with Crippen LogP contribution in [0.1, 0.15) is 18.1 Å². The fourth-order valence-corrected chi connectivity index (χ4v) is 3.41. The van der Waals surface area contributed by atoms with Gasteiger partial charge in [0.05, 0.1) is 5.56 Å². The molecule has 102 valence electrons. The third kappa shape index (κ3) is 1.89. The number of rotatable bonds is 2. The molecule has 0 amide bonds. The smallest absolute Gasteiger partial charge is 0.194 e. The third-order valence-electron chi connectivity index (χ3n) is 4.37. The van der Waals surface area contributed by atoms with Crippen molar-refractivity contribution in [3.05, 3.63) is 78.0 Å². The standard InChI is InChI=1S/C20H18N/c1-2-17-18(15-8-4-3-5-9-15)12-13-21-14-16-10-6-7-11-19(16)20(17)21/h3-13H,2,14H2,1H3/q+1. The van der Waals surface area contributed by atoms with Crippen molar-refractivity contribution in [2.24, 2.45) is 0 Å². The van der Waals surface area contributed by atoms with Gasteiger partial charge in [0.1, 0.15) is 0 Å². The van der Waals surface area contributed by atoms with E-state index >= 15 is 0 Å². The summed E-state index contributed by atoms with van der Waals surface area (Å²) >= 11 is 0. The van der Waals surface area contributed by atoms with Gasteiger partial charge in [-0.1, -0.05) is 55.5 Å². The summed E-state index contributed by atoms with van der Waals surface area (Å²) in [6, 6.07) is 21.7. The van der Waals surface area contributed by atoms with E-state index in [1.54, 1.807) is 0 Å². The topological polar surface area (TPSA) is 3.88 Å². The van der Waals surface area contributed by atoms with E-state index in [0.29, 0.717) is 0 Å². The highest BCUT2D eigenvalue weighted by Gasteiger charge is 2.29. The summed E-state index contributed by atoms with van der Waals surface area (Å²) in [4.78, 5) is 0. The lowest BCUT2D eigenvalue weighted by Gasteiger charge is -2.09. The number of hydrogen-bond donors (Lipinski definition) is 0. The molecule has 2 aromatic carbocycles. The van der Waals surface area contributed by atoms with Crippen LogP contribution >= 0.6 is 0 Å². The van der Waals surface area contributed by atoms with Crippen molar-refractivity contribution in [1.29, 1.82) is 0 Å². The minimum absolute atomic E-state index is 0.994. The molecule has 1 aromatic heterocycles. The van der Waals surface area contributed by atoms with E-state index in [1.165, 1.54) is 33.5 Å². The van der Waals surface area contributed by atoms with E-state index in [2.05, 4.69) is 78.4 Å². The maximum absolute atomic E-state index is 2.38. The molecule has 0 saturated heterocycles. The second-order valence-corrected chi connectivity index (χ2v) is 5.56. The number of aromatic nitrogens is 1. The van der Waals surface area contributed by atoms with Crippen LogP contribution in [0.3, 0.4) is 0 Å². The Morgan fingerprint density at radius 1 is 0.857 bits per heavy atom. The van der Waals surface area contributed by atoms with Gasteiger partial charge in [-0.15, -0.1) is 0 Å². The molecular formula is C20H18N+. The molecule has 3 aromatic rings. The lowest BCUT2D eigenvalue weighted by Crippen LogP contribution is -2.32. The summed E-state index contributed by atoms with van der Waals surface area (Å²) in [5.41, 5.74) is 8.34. The van der Waals surface area contributed by atoms with E-state index < -0.39 is 0 Å². The second kappa shape index (κ2) is 4.85. The molecule has 0 bridgehead atoms. The highest BCUT2D eigenvalue weighted by molar-refractivity contribution is 5.76. The van der Waals surface area contributed by atoms with Crippen molar-refractivity contribution >= 4 is 0 Å². The van der Waals surface area contributed by atoms with Gasteiger partial charge in [0.25, 0.3) is 0 Å². The van der Waals surface area contributed by atoms with E-state index in [9.17, 15) is 0 Å². The van der Waals surface area contributed by atoms with Crippen molar-refractivity contribution in [2.75, 3.05) is 0 Å². The summed E-state index contributed by atoms with van der Waals surface area (Å²) in [6.07, 6.45) is 3.28. The van der Waals surface area contributed by atoms with E-state index in [-0.39, 0.29) is 0 Å². The molecule has 21 heavy (non-hydrogen) atoms. The van der Waals surface area contributed by atoms with Crippen LogP contribution in [-0.2, 0) is 13.0 Å². The van der Waals surface area contributed by atoms with Crippen LogP contribution in [0.15, 0.2) is 66.9 Å². The number of hydrogen-bond acceptors (Lipinski definition) is 0. The molecule has 0 radical (unpaired) electrons. The van der Waals surface area contributed by atoms with Gasteiger partial charge in [-0.05, 0) is 23.6 Å². The minimum atomic E-state index is 0.994. The number of nitrogens with zero attached hydrogens (tertiary/aromatic N) is 1. The molecule has 1 nitrogen and oxygen atoms in total. The number of pyridine rings is 1. The lowest BCUT2D eigenvalue weighted by molar-refractivity contribution is -0.672. The summed E-state index contributed by atoms with van der Waals surface area (Å²) in [6.45, 7) is 3.25. The van der Waals surface area contributed by atoms with E-state index in [1.807, 2.05) is 0 Å². The lowest BCUT2D eigenvalue weighted by atomic mass is 9.94. The molecule has 1 heteroatoms. The Hall–Kier alpha value is -2.41. The molecule has 0 N–H and O–H groups in total. The van der Waals surface area contributed by atoms with Crippen molar-refractivity contribution in [3.8, 4) is 22.4 Å². The second-order valence-electron chi connectivity index (χ2n) is 5.56. The molecule has 1 aliphatic rings. The normalized spacial score (nSPS) is 12.0. The van der Waals surface area contributed by atoms with Gasteiger partial charge >= 0.3 is 0 Å². The zero-order valence-corrected chi connectivity index (χ0v) is 12.2. The first-order valence-corrected chi connectivity index (χ1v) is 7.57. The zero-order valence-electron chi connectivity index (χ0n) is 12.2. The molecule has 1 aliphatic heterocycles. The fraction of sp³-hybridized carbons (Fsp3) is 0.150. The Kier molecular flexibility index (Phi) is 2.85. The van der Waals surface area contributed by atoms with Crippen LogP contribution in [-0.4, -0.2) is 0 Å². The molecule has 0 atom stereocenters. The van der Waals surface area contributed by atoms with Gasteiger partial charge < -0.3 is 0 Å². The van der Waals surface area contributed by atoms with Crippen LogP contribution in [0, 0.1) is 0 Å². The first-order valence-electron chi connectivity index (χ1n) is 7.57. The Balaban J connectivity index is 1.99. The van der Waals surface area contributed by atoms with E-state index in [4.69, 9.17) is 0 Å². The molecule has 0 unspecified atom stereocenters. The van der Waals surface area contributed by atoms with E-state index in [0.717, 1.165) is 13.0 Å². The molecule has 0 aliphatic carbocycles. The molecule has 4 rings (SSSR count). The van der Waals surface area contributed by atoms with Crippen molar-refractivity contribution < 1.29 is 4.57 Å². The van der Waals surface area contributed by atoms with Crippen LogP contribution in [0.2, 0.25) is 0 Å². The van der Waals surface area contributed by atoms with Crippen molar-refractivity contribution in [1.82, 2.24) is 0 Å². The number of benzene rings is 2. The van der Waals surface area contributed by atoms with Crippen LogP contribution in [0.5, 0.6) is 0 Å². The Morgan fingerprint density at radius 3 is 2.43 bits per heavy atom. The fourth-order valence-electron chi connectivity index (χ4n) is 3.41. The maximum atomic E-state index is 2.38. The van der Waals surface area contributed by atoms with Crippen LogP contribution < -0.4 is 4.57 Å². The third-order valence-corrected chi connectivity index (χ3v) is 4.37. The molecule has 0 saturated carbocycles. The number of fused-ring (bicyclic) bond motifs is 3. The molecular weight excluding hydrogens is 254 g/mol. The van der Waals surface area contributed by atoms with Gasteiger partial charge in [-0.25, -0.2) is 0 Å². The highest BCUT2D eigenvalue weighted by Crippen LogP contribution is 2.34. The van der Waals surface area contributed by atoms with Crippen LogP contribution in [0.4, 0.5) is 0 Å². The first-order chi connectivity index (χ1) is 10.4. The SMILES string of the molecule is CCc1c(-c2ccccc2)cc[n+]2c1-c1ccccc1C2. The first kappa shape index (κ1) is 12.3.